The zero-order valence-electron chi connectivity index (χ0n) is 8.22. The molecule has 0 unspecified atom stereocenters. The number of rotatable bonds is 4. The van der Waals surface area contributed by atoms with Crippen molar-refractivity contribution in [3.63, 3.8) is 0 Å². The molecular weight excluding hydrogens is 198 g/mol. The summed E-state index contributed by atoms with van der Waals surface area (Å²) in [6.07, 6.45) is 0. The van der Waals surface area contributed by atoms with Crippen molar-refractivity contribution in [2.75, 3.05) is 6.61 Å². The van der Waals surface area contributed by atoms with Crippen molar-refractivity contribution in [3.05, 3.63) is 40.9 Å². The summed E-state index contributed by atoms with van der Waals surface area (Å²) in [5.74, 6) is 0.621. The summed E-state index contributed by atoms with van der Waals surface area (Å²) >= 11 is 5.88. The Morgan fingerprint density at radius 3 is 2.86 bits per heavy atom. The Hall–Kier alpha value is -0.990. The van der Waals surface area contributed by atoms with Gasteiger partial charge >= 0.3 is 0 Å². The Morgan fingerprint density at radius 2 is 2.29 bits per heavy atom. The van der Waals surface area contributed by atoms with Crippen LogP contribution in [-0.2, 0) is 11.3 Å². The molecule has 2 nitrogen and oxygen atoms in total. The van der Waals surface area contributed by atoms with Gasteiger partial charge in [-0.05, 0) is 24.6 Å². The third-order valence-electron chi connectivity index (χ3n) is 1.91. The van der Waals surface area contributed by atoms with Crippen LogP contribution in [0.15, 0.2) is 24.8 Å². The van der Waals surface area contributed by atoms with E-state index in [-0.39, 0.29) is 0 Å². The molecule has 0 radical (unpaired) electrons. The molecule has 0 fully saturated rings. The standard InChI is InChI=1S/C11H14ClNO/c1-3-14-8(2)11-6-10(12)5-4-9(11)7-13/h4-6H,2-3,7,13H2,1H3. The van der Waals surface area contributed by atoms with E-state index in [4.69, 9.17) is 22.1 Å². The van der Waals surface area contributed by atoms with Crippen LogP contribution in [0.5, 0.6) is 0 Å². The Labute approximate surface area is 89.3 Å². The fourth-order valence-electron chi connectivity index (χ4n) is 1.24. The first-order chi connectivity index (χ1) is 6.69. The summed E-state index contributed by atoms with van der Waals surface area (Å²) in [7, 11) is 0. The van der Waals surface area contributed by atoms with Gasteiger partial charge in [0.05, 0.1) is 6.61 Å². The van der Waals surface area contributed by atoms with E-state index in [1.165, 1.54) is 0 Å². The molecule has 0 heterocycles. The zero-order valence-corrected chi connectivity index (χ0v) is 8.97. The SMILES string of the molecule is C=C(OCC)c1cc(Cl)ccc1CN. The number of hydrogen-bond acceptors (Lipinski definition) is 2. The molecule has 1 aromatic rings. The van der Waals surface area contributed by atoms with Gasteiger partial charge in [0.1, 0.15) is 5.76 Å². The molecule has 0 saturated carbocycles. The van der Waals surface area contributed by atoms with Gasteiger partial charge in [-0.3, -0.25) is 0 Å². The van der Waals surface area contributed by atoms with Crippen molar-refractivity contribution >= 4 is 17.4 Å². The molecule has 2 N–H and O–H groups in total. The van der Waals surface area contributed by atoms with Crippen molar-refractivity contribution in [1.82, 2.24) is 0 Å². The quantitative estimate of drug-likeness (QED) is 0.778. The molecular formula is C11H14ClNO. The number of hydrogen-bond donors (Lipinski definition) is 1. The molecule has 14 heavy (non-hydrogen) atoms. The second-order valence-electron chi connectivity index (χ2n) is 2.86. The Morgan fingerprint density at radius 1 is 1.57 bits per heavy atom. The minimum absolute atomic E-state index is 0.457. The van der Waals surface area contributed by atoms with Gasteiger partial charge in [0.15, 0.2) is 0 Å². The molecule has 1 aromatic carbocycles. The number of nitrogens with two attached hydrogens (primary N) is 1. The highest BCUT2D eigenvalue weighted by molar-refractivity contribution is 6.30. The van der Waals surface area contributed by atoms with Crippen LogP contribution in [0.1, 0.15) is 18.1 Å². The van der Waals surface area contributed by atoms with Gasteiger partial charge in [0, 0.05) is 17.1 Å². The molecule has 0 bridgehead atoms. The number of halogens is 1. The maximum absolute atomic E-state index is 5.88. The van der Waals surface area contributed by atoms with Crippen LogP contribution in [-0.4, -0.2) is 6.61 Å². The molecule has 0 aliphatic rings. The topological polar surface area (TPSA) is 35.2 Å². The van der Waals surface area contributed by atoms with E-state index < -0.39 is 0 Å². The van der Waals surface area contributed by atoms with E-state index >= 15 is 0 Å². The fraction of sp³-hybridized carbons (Fsp3) is 0.273. The molecule has 0 amide bonds. The zero-order chi connectivity index (χ0) is 10.6. The summed E-state index contributed by atoms with van der Waals surface area (Å²) in [5, 5.41) is 0.665. The summed E-state index contributed by atoms with van der Waals surface area (Å²) < 4.78 is 5.32. The lowest BCUT2D eigenvalue weighted by Gasteiger charge is -2.11. The van der Waals surface area contributed by atoms with Gasteiger partial charge in [-0.2, -0.15) is 0 Å². The minimum Gasteiger partial charge on any atom is -0.494 e. The Kier molecular flexibility index (Phi) is 3.98. The third-order valence-corrected chi connectivity index (χ3v) is 2.15. The minimum atomic E-state index is 0.457. The van der Waals surface area contributed by atoms with E-state index in [1.807, 2.05) is 25.1 Å². The normalized spacial score (nSPS) is 9.93. The van der Waals surface area contributed by atoms with Crippen LogP contribution < -0.4 is 5.73 Å². The Bertz CT molecular complexity index is 336. The fourth-order valence-corrected chi connectivity index (χ4v) is 1.41. The van der Waals surface area contributed by atoms with Gasteiger partial charge < -0.3 is 10.5 Å². The molecule has 0 spiro atoms. The van der Waals surface area contributed by atoms with Crippen LogP contribution in [0, 0.1) is 0 Å². The predicted octanol–water partition coefficient (Wildman–Crippen LogP) is 2.81. The van der Waals surface area contributed by atoms with Crippen LogP contribution in [0.3, 0.4) is 0 Å². The monoisotopic (exact) mass is 211 g/mol. The van der Waals surface area contributed by atoms with E-state index in [2.05, 4.69) is 6.58 Å². The molecule has 76 valence electrons. The lowest BCUT2D eigenvalue weighted by atomic mass is 10.1. The van der Waals surface area contributed by atoms with Crippen LogP contribution in [0.4, 0.5) is 0 Å². The highest BCUT2D eigenvalue weighted by Gasteiger charge is 2.06. The van der Waals surface area contributed by atoms with E-state index in [0.29, 0.717) is 23.9 Å². The lowest BCUT2D eigenvalue weighted by molar-refractivity contribution is 0.299. The highest BCUT2D eigenvalue weighted by Crippen LogP contribution is 2.22. The highest BCUT2D eigenvalue weighted by atomic mass is 35.5. The van der Waals surface area contributed by atoms with Gasteiger partial charge in [-0.1, -0.05) is 24.2 Å². The van der Waals surface area contributed by atoms with E-state index in [1.54, 1.807) is 0 Å². The van der Waals surface area contributed by atoms with Crippen LogP contribution >= 0.6 is 11.6 Å². The first kappa shape index (κ1) is 11.1. The summed E-state index contributed by atoms with van der Waals surface area (Å²) in [6.45, 7) is 6.79. The molecule has 0 aromatic heterocycles. The molecule has 0 aliphatic heterocycles. The average Bonchev–Trinajstić information content (AvgIpc) is 2.18. The Balaban J connectivity index is 3.03. The van der Waals surface area contributed by atoms with Crippen molar-refractivity contribution < 1.29 is 4.74 Å². The maximum Gasteiger partial charge on any atom is 0.119 e. The second kappa shape index (κ2) is 5.03. The number of benzene rings is 1. The first-order valence-electron chi connectivity index (χ1n) is 4.49. The number of ether oxygens (including phenoxy) is 1. The van der Waals surface area contributed by atoms with Gasteiger partial charge in [0.2, 0.25) is 0 Å². The second-order valence-corrected chi connectivity index (χ2v) is 3.30. The lowest BCUT2D eigenvalue weighted by Crippen LogP contribution is -2.02. The summed E-state index contributed by atoms with van der Waals surface area (Å²) in [5.41, 5.74) is 7.48. The van der Waals surface area contributed by atoms with E-state index in [0.717, 1.165) is 11.1 Å². The predicted molar refractivity (Wildman–Crippen MR) is 60.0 cm³/mol. The molecule has 1 rings (SSSR count). The third kappa shape index (κ3) is 2.50. The van der Waals surface area contributed by atoms with Gasteiger partial charge in [-0.15, -0.1) is 0 Å². The van der Waals surface area contributed by atoms with Crippen molar-refractivity contribution in [3.8, 4) is 0 Å². The smallest absolute Gasteiger partial charge is 0.119 e. The molecule has 3 heteroatoms. The van der Waals surface area contributed by atoms with Crippen molar-refractivity contribution in [2.24, 2.45) is 5.73 Å². The average molecular weight is 212 g/mol. The largest absolute Gasteiger partial charge is 0.494 e. The first-order valence-corrected chi connectivity index (χ1v) is 4.87. The van der Waals surface area contributed by atoms with Crippen LogP contribution in [0.2, 0.25) is 5.02 Å². The van der Waals surface area contributed by atoms with Gasteiger partial charge in [-0.25, -0.2) is 0 Å². The van der Waals surface area contributed by atoms with E-state index in [9.17, 15) is 0 Å². The van der Waals surface area contributed by atoms with Crippen LogP contribution in [0.25, 0.3) is 5.76 Å². The van der Waals surface area contributed by atoms with Crippen molar-refractivity contribution in [1.29, 1.82) is 0 Å². The van der Waals surface area contributed by atoms with Crippen molar-refractivity contribution in [2.45, 2.75) is 13.5 Å². The maximum atomic E-state index is 5.88. The molecule has 0 aliphatic carbocycles. The summed E-state index contributed by atoms with van der Waals surface area (Å²) in [6, 6.07) is 5.52. The summed E-state index contributed by atoms with van der Waals surface area (Å²) in [4.78, 5) is 0. The van der Waals surface area contributed by atoms with Gasteiger partial charge in [0.25, 0.3) is 0 Å². The molecule has 0 saturated heterocycles. The molecule has 0 atom stereocenters.